The Labute approximate surface area is 92.5 Å². The maximum atomic E-state index is 11.6. The van der Waals surface area contributed by atoms with E-state index in [4.69, 9.17) is 4.42 Å². The number of carbonyl (C=O) groups is 1. The van der Waals surface area contributed by atoms with Crippen molar-refractivity contribution in [1.82, 2.24) is 15.3 Å². The van der Waals surface area contributed by atoms with E-state index in [0.717, 1.165) is 5.56 Å². The molecule has 2 rings (SSSR count). The maximum absolute atomic E-state index is 11.6. The molecule has 0 unspecified atom stereocenters. The van der Waals surface area contributed by atoms with Crippen LogP contribution in [0.15, 0.2) is 35.2 Å². The number of rotatable bonds is 3. The summed E-state index contributed by atoms with van der Waals surface area (Å²) < 4.78 is 4.96. The molecule has 1 amide bonds. The van der Waals surface area contributed by atoms with Crippen molar-refractivity contribution in [2.45, 2.75) is 13.5 Å². The summed E-state index contributed by atoms with van der Waals surface area (Å²) in [5, 5.41) is 2.74. The van der Waals surface area contributed by atoms with Gasteiger partial charge in [-0.1, -0.05) is 0 Å². The van der Waals surface area contributed by atoms with Crippen molar-refractivity contribution < 1.29 is 9.21 Å². The molecule has 0 bridgehead atoms. The minimum atomic E-state index is -0.242. The van der Waals surface area contributed by atoms with Crippen LogP contribution in [0.4, 0.5) is 0 Å². The van der Waals surface area contributed by atoms with Crippen molar-refractivity contribution in [2.75, 3.05) is 0 Å². The number of hydrogen-bond acceptors (Lipinski definition) is 4. The van der Waals surface area contributed by atoms with Crippen LogP contribution in [0.25, 0.3) is 0 Å². The fourth-order valence-corrected chi connectivity index (χ4v) is 1.24. The fraction of sp³-hybridized carbons (Fsp3) is 0.182. The lowest BCUT2D eigenvalue weighted by molar-refractivity contribution is 0.0946. The number of hydrogen-bond donors (Lipinski definition) is 1. The molecule has 2 aromatic rings. The van der Waals surface area contributed by atoms with E-state index >= 15 is 0 Å². The Hall–Kier alpha value is -2.17. The SMILES string of the molecule is Cc1nc(C(=O)NCc2ccncc2)co1. The average molecular weight is 217 g/mol. The third kappa shape index (κ3) is 2.44. The van der Waals surface area contributed by atoms with E-state index in [1.54, 1.807) is 19.3 Å². The van der Waals surface area contributed by atoms with Crippen molar-refractivity contribution in [1.29, 1.82) is 0 Å². The highest BCUT2D eigenvalue weighted by Crippen LogP contribution is 2.01. The van der Waals surface area contributed by atoms with Crippen LogP contribution in [0.1, 0.15) is 21.9 Å². The quantitative estimate of drug-likeness (QED) is 0.841. The predicted molar refractivity (Wildman–Crippen MR) is 56.6 cm³/mol. The molecule has 0 aliphatic carbocycles. The molecule has 0 spiro atoms. The van der Waals surface area contributed by atoms with E-state index in [1.165, 1.54) is 6.26 Å². The Morgan fingerprint density at radius 1 is 1.44 bits per heavy atom. The van der Waals surface area contributed by atoms with Crippen molar-refractivity contribution >= 4 is 5.91 Å². The molecular formula is C11H11N3O2. The third-order valence-electron chi connectivity index (χ3n) is 2.05. The number of nitrogens with one attached hydrogen (secondary N) is 1. The standard InChI is InChI=1S/C11H11N3O2/c1-8-14-10(7-16-8)11(15)13-6-9-2-4-12-5-3-9/h2-5,7H,6H2,1H3,(H,13,15). The van der Waals surface area contributed by atoms with Crippen LogP contribution < -0.4 is 5.32 Å². The second-order valence-electron chi connectivity index (χ2n) is 3.29. The van der Waals surface area contributed by atoms with Gasteiger partial charge in [-0.25, -0.2) is 4.98 Å². The molecule has 2 heterocycles. The molecule has 0 radical (unpaired) electrons. The van der Waals surface area contributed by atoms with E-state index in [-0.39, 0.29) is 5.91 Å². The summed E-state index contributed by atoms with van der Waals surface area (Å²) in [6, 6.07) is 3.68. The second-order valence-corrected chi connectivity index (χ2v) is 3.29. The van der Waals surface area contributed by atoms with Gasteiger partial charge in [-0.05, 0) is 17.7 Å². The summed E-state index contributed by atoms with van der Waals surface area (Å²) in [7, 11) is 0. The van der Waals surface area contributed by atoms with Crippen molar-refractivity contribution in [3.05, 3.63) is 47.9 Å². The maximum Gasteiger partial charge on any atom is 0.273 e. The lowest BCUT2D eigenvalue weighted by Crippen LogP contribution is -2.23. The molecule has 0 fully saturated rings. The minimum absolute atomic E-state index is 0.242. The number of aryl methyl sites for hydroxylation is 1. The molecular weight excluding hydrogens is 206 g/mol. The van der Waals surface area contributed by atoms with Gasteiger partial charge >= 0.3 is 0 Å². The first-order valence-corrected chi connectivity index (χ1v) is 4.85. The first kappa shape index (κ1) is 10.4. The van der Waals surface area contributed by atoms with Gasteiger partial charge in [0, 0.05) is 25.9 Å². The summed E-state index contributed by atoms with van der Waals surface area (Å²) >= 11 is 0. The highest BCUT2D eigenvalue weighted by molar-refractivity contribution is 5.91. The van der Waals surface area contributed by atoms with Gasteiger partial charge in [0.1, 0.15) is 6.26 Å². The van der Waals surface area contributed by atoms with E-state index in [0.29, 0.717) is 18.1 Å². The Morgan fingerprint density at radius 2 is 2.19 bits per heavy atom. The zero-order chi connectivity index (χ0) is 11.4. The smallest absolute Gasteiger partial charge is 0.273 e. The third-order valence-corrected chi connectivity index (χ3v) is 2.05. The summed E-state index contributed by atoms with van der Waals surface area (Å²) in [4.78, 5) is 19.4. The average Bonchev–Trinajstić information content (AvgIpc) is 2.74. The number of amides is 1. The van der Waals surface area contributed by atoms with Crippen LogP contribution in [0.2, 0.25) is 0 Å². The lowest BCUT2D eigenvalue weighted by Gasteiger charge is -2.01. The van der Waals surface area contributed by atoms with Gasteiger partial charge in [0.25, 0.3) is 5.91 Å². The van der Waals surface area contributed by atoms with Crippen LogP contribution in [-0.2, 0) is 6.54 Å². The molecule has 16 heavy (non-hydrogen) atoms. The number of nitrogens with zero attached hydrogens (tertiary/aromatic N) is 2. The van der Waals surface area contributed by atoms with Crippen LogP contribution in [0.5, 0.6) is 0 Å². The van der Waals surface area contributed by atoms with E-state index < -0.39 is 0 Å². The van der Waals surface area contributed by atoms with Crippen molar-refractivity contribution in [3.8, 4) is 0 Å². The normalized spacial score (nSPS) is 10.1. The van der Waals surface area contributed by atoms with Crippen LogP contribution >= 0.6 is 0 Å². The van der Waals surface area contributed by atoms with Gasteiger partial charge in [0.05, 0.1) is 0 Å². The van der Waals surface area contributed by atoms with Gasteiger partial charge in [0.2, 0.25) is 0 Å². The molecule has 0 saturated heterocycles. The van der Waals surface area contributed by atoms with E-state index in [1.807, 2.05) is 12.1 Å². The zero-order valence-corrected chi connectivity index (χ0v) is 8.80. The summed E-state index contributed by atoms with van der Waals surface area (Å²) in [5.74, 6) is 0.239. The zero-order valence-electron chi connectivity index (χ0n) is 8.80. The first-order chi connectivity index (χ1) is 7.75. The highest BCUT2D eigenvalue weighted by Gasteiger charge is 2.09. The van der Waals surface area contributed by atoms with E-state index in [9.17, 15) is 4.79 Å². The highest BCUT2D eigenvalue weighted by atomic mass is 16.3. The summed E-state index contributed by atoms with van der Waals surface area (Å²) in [5.41, 5.74) is 1.29. The second kappa shape index (κ2) is 4.57. The molecule has 0 aliphatic rings. The van der Waals surface area contributed by atoms with Crippen LogP contribution in [0, 0.1) is 6.92 Å². The van der Waals surface area contributed by atoms with Crippen LogP contribution in [-0.4, -0.2) is 15.9 Å². The van der Waals surface area contributed by atoms with Gasteiger partial charge in [0.15, 0.2) is 11.6 Å². The Morgan fingerprint density at radius 3 is 2.81 bits per heavy atom. The minimum Gasteiger partial charge on any atom is -0.448 e. The lowest BCUT2D eigenvalue weighted by atomic mass is 10.2. The molecule has 2 aromatic heterocycles. The van der Waals surface area contributed by atoms with Gasteiger partial charge < -0.3 is 9.73 Å². The van der Waals surface area contributed by atoms with Gasteiger partial charge in [-0.2, -0.15) is 0 Å². The van der Waals surface area contributed by atoms with Gasteiger partial charge in [-0.3, -0.25) is 9.78 Å². The molecule has 82 valence electrons. The topological polar surface area (TPSA) is 68.0 Å². The van der Waals surface area contributed by atoms with Crippen molar-refractivity contribution in [2.24, 2.45) is 0 Å². The fourth-order valence-electron chi connectivity index (χ4n) is 1.24. The molecule has 0 atom stereocenters. The number of pyridine rings is 1. The largest absolute Gasteiger partial charge is 0.448 e. The Bertz CT molecular complexity index is 479. The number of oxazole rings is 1. The molecule has 5 heteroatoms. The molecule has 0 aromatic carbocycles. The van der Waals surface area contributed by atoms with Crippen LogP contribution in [0.3, 0.4) is 0 Å². The molecule has 0 aliphatic heterocycles. The Kier molecular flexibility index (Phi) is 2.95. The summed E-state index contributed by atoms with van der Waals surface area (Å²) in [6.07, 6.45) is 4.71. The first-order valence-electron chi connectivity index (χ1n) is 4.85. The molecule has 0 saturated carbocycles. The monoisotopic (exact) mass is 217 g/mol. The number of carbonyl (C=O) groups excluding carboxylic acids is 1. The summed E-state index contributed by atoms with van der Waals surface area (Å²) in [6.45, 7) is 2.15. The van der Waals surface area contributed by atoms with Gasteiger partial charge in [-0.15, -0.1) is 0 Å². The molecule has 1 N–H and O–H groups in total. The molecule has 5 nitrogen and oxygen atoms in total. The Balaban J connectivity index is 1.94. The number of aromatic nitrogens is 2. The van der Waals surface area contributed by atoms with Crippen molar-refractivity contribution in [3.63, 3.8) is 0 Å². The predicted octanol–water partition coefficient (Wildman–Crippen LogP) is 1.31. The van der Waals surface area contributed by atoms with E-state index in [2.05, 4.69) is 15.3 Å².